The molecular formula is C6H9NO6. The number of carboxylic acids is 3. The highest BCUT2D eigenvalue weighted by atomic mass is 16.4. The molecule has 0 saturated heterocycles. The van der Waals surface area contributed by atoms with E-state index in [0.29, 0.717) is 0 Å². The largest absolute Gasteiger partial charge is 0.481 e. The van der Waals surface area contributed by atoms with E-state index in [2.05, 4.69) is 0 Å². The van der Waals surface area contributed by atoms with E-state index in [4.69, 9.17) is 21.1 Å². The molecule has 0 aromatic rings. The Morgan fingerprint density at radius 2 is 1.54 bits per heavy atom. The predicted octanol–water partition coefficient (Wildman–Crippen LogP) is -1.43. The summed E-state index contributed by atoms with van der Waals surface area (Å²) < 4.78 is 0. The maximum absolute atomic E-state index is 10.4. The maximum atomic E-state index is 10.4. The number of hydrogen-bond donors (Lipinski definition) is 4. The van der Waals surface area contributed by atoms with Crippen LogP contribution in [0.25, 0.3) is 0 Å². The molecule has 74 valence electrons. The molecule has 0 aliphatic heterocycles. The minimum absolute atomic E-state index is 0.803. The van der Waals surface area contributed by atoms with Crippen molar-refractivity contribution >= 4 is 17.9 Å². The highest BCUT2D eigenvalue weighted by molar-refractivity contribution is 5.85. The second-order valence-corrected chi connectivity index (χ2v) is 2.41. The van der Waals surface area contributed by atoms with Crippen molar-refractivity contribution in [1.29, 1.82) is 0 Å². The molecule has 13 heavy (non-hydrogen) atoms. The lowest BCUT2D eigenvalue weighted by Crippen LogP contribution is -2.43. The molecule has 0 amide bonds. The lowest BCUT2D eigenvalue weighted by atomic mass is 9.97. The van der Waals surface area contributed by atoms with E-state index < -0.39 is 36.3 Å². The Morgan fingerprint density at radius 1 is 1.08 bits per heavy atom. The van der Waals surface area contributed by atoms with Gasteiger partial charge in [0, 0.05) is 0 Å². The van der Waals surface area contributed by atoms with Gasteiger partial charge in [0.1, 0.15) is 6.04 Å². The molecule has 7 nitrogen and oxygen atoms in total. The average Bonchev–Trinajstić information content (AvgIpc) is 1.97. The summed E-state index contributed by atoms with van der Waals surface area (Å²) >= 11 is 0. The molecule has 0 fully saturated rings. The van der Waals surface area contributed by atoms with E-state index in [-0.39, 0.29) is 0 Å². The fourth-order valence-corrected chi connectivity index (χ4v) is 0.728. The Balaban J connectivity index is 4.51. The molecule has 5 N–H and O–H groups in total. The zero-order chi connectivity index (χ0) is 10.6. The third-order valence-electron chi connectivity index (χ3n) is 1.43. The van der Waals surface area contributed by atoms with Crippen molar-refractivity contribution in [3.05, 3.63) is 0 Å². The first-order valence-electron chi connectivity index (χ1n) is 3.29. The van der Waals surface area contributed by atoms with Gasteiger partial charge in [0.25, 0.3) is 0 Å². The lowest BCUT2D eigenvalue weighted by Gasteiger charge is -2.13. The van der Waals surface area contributed by atoms with Crippen molar-refractivity contribution in [3.63, 3.8) is 0 Å². The monoisotopic (exact) mass is 191 g/mol. The standard InChI is InChI=1S/C6H9NO6/c7-4(6(12)13)2(5(10)11)1-3(8)9/h2,4H,1,7H2,(H,8,9)(H,10,11)(H,12,13)/t2?,4-/m0/s1. The van der Waals surface area contributed by atoms with Crippen molar-refractivity contribution in [3.8, 4) is 0 Å². The topological polar surface area (TPSA) is 138 Å². The zero-order valence-corrected chi connectivity index (χ0v) is 6.51. The second-order valence-electron chi connectivity index (χ2n) is 2.41. The fourth-order valence-electron chi connectivity index (χ4n) is 0.728. The van der Waals surface area contributed by atoms with Gasteiger partial charge >= 0.3 is 17.9 Å². The average molecular weight is 191 g/mol. The van der Waals surface area contributed by atoms with E-state index in [9.17, 15) is 14.4 Å². The van der Waals surface area contributed by atoms with E-state index in [1.54, 1.807) is 0 Å². The molecule has 0 aromatic carbocycles. The molecule has 0 aliphatic carbocycles. The van der Waals surface area contributed by atoms with Gasteiger partial charge in [-0.3, -0.25) is 14.4 Å². The summed E-state index contributed by atoms with van der Waals surface area (Å²) in [5, 5.41) is 25.0. The Kier molecular flexibility index (Phi) is 3.86. The van der Waals surface area contributed by atoms with Crippen molar-refractivity contribution in [2.24, 2.45) is 11.7 Å². The summed E-state index contributed by atoms with van der Waals surface area (Å²) in [6.45, 7) is 0. The van der Waals surface area contributed by atoms with Gasteiger partial charge < -0.3 is 21.1 Å². The quantitative estimate of drug-likeness (QED) is 0.418. The molecule has 1 unspecified atom stereocenters. The molecule has 0 saturated carbocycles. The first-order valence-corrected chi connectivity index (χ1v) is 3.29. The van der Waals surface area contributed by atoms with Crippen LogP contribution in [0, 0.1) is 5.92 Å². The van der Waals surface area contributed by atoms with Crippen molar-refractivity contribution < 1.29 is 29.7 Å². The van der Waals surface area contributed by atoms with Crippen LogP contribution in [0.4, 0.5) is 0 Å². The molecule has 7 heteroatoms. The van der Waals surface area contributed by atoms with Crippen LogP contribution in [0.15, 0.2) is 0 Å². The minimum atomic E-state index is -1.70. The first kappa shape index (κ1) is 11.4. The van der Waals surface area contributed by atoms with Gasteiger partial charge in [-0.25, -0.2) is 0 Å². The lowest BCUT2D eigenvalue weighted by molar-refractivity contribution is -0.153. The van der Waals surface area contributed by atoms with Crippen LogP contribution in [0.2, 0.25) is 0 Å². The van der Waals surface area contributed by atoms with Gasteiger partial charge in [-0.1, -0.05) is 0 Å². The van der Waals surface area contributed by atoms with Gasteiger partial charge in [-0.05, 0) is 0 Å². The third-order valence-corrected chi connectivity index (χ3v) is 1.43. The first-order chi connectivity index (χ1) is 5.86. The third kappa shape index (κ3) is 3.52. The van der Waals surface area contributed by atoms with Gasteiger partial charge in [0.05, 0.1) is 12.3 Å². The molecule has 2 atom stereocenters. The van der Waals surface area contributed by atoms with Crippen LogP contribution >= 0.6 is 0 Å². The number of carbonyl (C=O) groups is 3. The van der Waals surface area contributed by atoms with Crippen LogP contribution in [0.1, 0.15) is 6.42 Å². The number of aliphatic carboxylic acids is 3. The number of carboxylic acid groups (broad SMARTS) is 3. The van der Waals surface area contributed by atoms with E-state index in [1.807, 2.05) is 0 Å². The summed E-state index contributed by atoms with van der Waals surface area (Å²) in [5.74, 6) is -6.06. The van der Waals surface area contributed by atoms with Crippen molar-refractivity contribution in [2.75, 3.05) is 0 Å². The van der Waals surface area contributed by atoms with Crippen molar-refractivity contribution in [2.45, 2.75) is 12.5 Å². The Hall–Kier alpha value is -1.63. The molecule has 0 heterocycles. The maximum Gasteiger partial charge on any atom is 0.321 e. The van der Waals surface area contributed by atoms with E-state index >= 15 is 0 Å². The number of hydrogen-bond acceptors (Lipinski definition) is 4. The summed E-state index contributed by atoms with van der Waals surface area (Å²) in [5.41, 5.74) is 4.97. The molecule has 0 radical (unpaired) electrons. The van der Waals surface area contributed by atoms with Crippen LogP contribution in [-0.4, -0.2) is 39.3 Å². The molecule has 0 aromatic heterocycles. The number of nitrogens with two attached hydrogens (primary N) is 1. The van der Waals surface area contributed by atoms with E-state index in [1.165, 1.54) is 0 Å². The minimum Gasteiger partial charge on any atom is -0.481 e. The van der Waals surface area contributed by atoms with Crippen LogP contribution in [0.3, 0.4) is 0 Å². The SMILES string of the molecule is N[C@H](C(=O)O)C(CC(=O)O)C(=O)O. The smallest absolute Gasteiger partial charge is 0.321 e. The van der Waals surface area contributed by atoms with Gasteiger partial charge in [0.15, 0.2) is 0 Å². The molecule has 0 bridgehead atoms. The van der Waals surface area contributed by atoms with Gasteiger partial charge in [0.2, 0.25) is 0 Å². The normalized spacial score (nSPS) is 14.5. The highest BCUT2D eigenvalue weighted by Gasteiger charge is 2.32. The Morgan fingerprint density at radius 3 is 1.77 bits per heavy atom. The van der Waals surface area contributed by atoms with Gasteiger partial charge in [-0.15, -0.1) is 0 Å². The number of rotatable bonds is 5. The summed E-state index contributed by atoms with van der Waals surface area (Å²) in [7, 11) is 0. The summed E-state index contributed by atoms with van der Waals surface area (Å²) in [4.78, 5) is 30.7. The molecular weight excluding hydrogens is 182 g/mol. The molecule has 0 rings (SSSR count). The van der Waals surface area contributed by atoms with E-state index in [0.717, 1.165) is 0 Å². The van der Waals surface area contributed by atoms with Crippen LogP contribution < -0.4 is 5.73 Å². The molecule has 0 aliphatic rings. The van der Waals surface area contributed by atoms with Gasteiger partial charge in [-0.2, -0.15) is 0 Å². The zero-order valence-electron chi connectivity index (χ0n) is 6.51. The summed E-state index contributed by atoms with van der Waals surface area (Å²) in [6.07, 6.45) is -0.803. The Bertz CT molecular complexity index is 237. The van der Waals surface area contributed by atoms with Crippen molar-refractivity contribution in [1.82, 2.24) is 0 Å². The fraction of sp³-hybridized carbons (Fsp3) is 0.500. The second kappa shape index (κ2) is 4.41. The summed E-state index contributed by atoms with van der Waals surface area (Å²) in [6, 6.07) is -1.70. The van der Waals surface area contributed by atoms with Crippen LogP contribution in [-0.2, 0) is 14.4 Å². The highest BCUT2D eigenvalue weighted by Crippen LogP contribution is 2.08. The van der Waals surface area contributed by atoms with Crippen LogP contribution in [0.5, 0.6) is 0 Å². The molecule has 0 spiro atoms. The Labute approximate surface area is 72.8 Å². The predicted molar refractivity (Wildman–Crippen MR) is 39.0 cm³/mol.